The molecule has 1 rings (SSSR count). The molecule has 1 aliphatic heterocycles. The third-order valence-electron chi connectivity index (χ3n) is 3.97. The van der Waals surface area contributed by atoms with Crippen LogP contribution in [0, 0.1) is 5.92 Å². The second-order valence-electron chi connectivity index (χ2n) is 5.89. The van der Waals surface area contributed by atoms with Crippen LogP contribution in [0.15, 0.2) is 4.99 Å². The maximum absolute atomic E-state index is 11.1. The smallest absolute Gasteiger partial charge is 0.307 e. The highest BCUT2D eigenvalue weighted by molar-refractivity contribution is 14.0. The maximum atomic E-state index is 11.1. The van der Waals surface area contributed by atoms with Crippen LogP contribution in [0.3, 0.4) is 0 Å². The van der Waals surface area contributed by atoms with E-state index in [1.165, 1.54) is 33.0 Å². The first-order chi connectivity index (χ1) is 10.7. The van der Waals surface area contributed by atoms with Crippen LogP contribution < -0.4 is 10.6 Å². The van der Waals surface area contributed by atoms with Gasteiger partial charge >= 0.3 is 5.97 Å². The van der Waals surface area contributed by atoms with E-state index in [-0.39, 0.29) is 29.9 Å². The topological polar surface area (TPSA) is 66.0 Å². The molecule has 0 saturated carbocycles. The number of rotatable bonds is 8. The van der Waals surface area contributed by atoms with Gasteiger partial charge in [-0.15, -0.1) is 24.0 Å². The fourth-order valence-corrected chi connectivity index (χ4v) is 2.50. The first-order valence-corrected chi connectivity index (χ1v) is 8.47. The Morgan fingerprint density at radius 3 is 2.61 bits per heavy atom. The number of aliphatic imine (C=N–C) groups is 1. The van der Waals surface area contributed by atoms with Crippen LogP contribution in [0.1, 0.15) is 39.5 Å². The molecule has 136 valence electrons. The number of nitrogens with one attached hydrogen (secondary N) is 2. The first kappa shape index (κ1) is 22.4. The summed E-state index contributed by atoms with van der Waals surface area (Å²) in [7, 11) is 1.41. The van der Waals surface area contributed by atoms with Gasteiger partial charge in [0.25, 0.3) is 0 Å². The zero-order valence-electron chi connectivity index (χ0n) is 14.8. The Morgan fingerprint density at radius 2 is 2.00 bits per heavy atom. The molecule has 6 nitrogen and oxygen atoms in total. The number of esters is 1. The van der Waals surface area contributed by atoms with Crippen LogP contribution >= 0.6 is 24.0 Å². The lowest BCUT2D eigenvalue weighted by atomic mass is 9.99. The molecule has 1 heterocycles. The van der Waals surface area contributed by atoms with Gasteiger partial charge in [-0.1, -0.05) is 6.92 Å². The summed E-state index contributed by atoms with van der Waals surface area (Å²) < 4.78 is 4.62. The average Bonchev–Trinajstić information content (AvgIpc) is 2.53. The summed E-state index contributed by atoms with van der Waals surface area (Å²) in [5, 5.41) is 6.35. The molecule has 0 aromatic rings. The van der Waals surface area contributed by atoms with E-state index < -0.39 is 0 Å². The van der Waals surface area contributed by atoms with E-state index in [1.807, 2.05) is 6.92 Å². The Bertz CT molecular complexity index is 345. The molecule has 0 radical (unpaired) electrons. The summed E-state index contributed by atoms with van der Waals surface area (Å²) >= 11 is 0. The number of methoxy groups -OCH3 is 1. The predicted octanol–water partition coefficient (Wildman–Crippen LogP) is 1.84. The number of halogens is 1. The molecule has 1 fully saturated rings. The summed E-state index contributed by atoms with van der Waals surface area (Å²) in [5.74, 6) is 1.45. The average molecular weight is 440 g/mol. The lowest BCUT2D eigenvalue weighted by Crippen LogP contribution is -2.38. The number of nitrogens with zero attached hydrogens (tertiary/aromatic N) is 2. The van der Waals surface area contributed by atoms with Gasteiger partial charge in [0.05, 0.1) is 13.5 Å². The number of carbonyl (C=O) groups is 1. The molecule has 1 saturated heterocycles. The molecule has 23 heavy (non-hydrogen) atoms. The molecule has 7 heteroatoms. The summed E-state index contributed by atoms with van der Waals surface area (Å²) in [6.45, 7) is 10.1. The SMILES string of the molecule is CCNC(=NCCCN1CCC(C)CC1)NCCC(=O)OC.I. The molecule has 0 atom stereocenters. The van der Waals surface area contributed by atoms with Crippen molar-refractivity contribution in [2.24, 2.45) is 10.9 Å². The highest BCUT2D eigenvalue weighted by atomic mass is 127. The molecule has 0 bridgehead atoms. The number of carbonyl (C=O) groups excluding carboxylic acids is 1. The van der Waals surface area contributed by atoms with Crippen LogP contribution in [0.5, 0.6) is 0 Å². The summed E-state index contributed by atoms with van der Waals surface area (Å²) in [4.78, 5) is 18.2. The minimum atomic E-state index is -0.206. The van der Waals surface area contributed by atoms with Gasteiger partial charge in [0.15, 0.2) is 5.96 Å². The van der Waals surface area contributed by atoms with Gasteiger partial charge in [0, 0.05) is 19.6 Å². The molecular formula is C16H33IN4O2. The van der Waals surface area contributed by atoms with Crippen molar-refractivity contribution < 1.29 is 9.53 Å². The molecule has 0 unspecified atom stereocenters. The van der Waals surface area contributed by atoms with E-state index >= 15 is 0 Å². The number of hydrogen-bond acceptors (Lipinski definition) is 4. The number of hydrogen-bond donors (Lipinski definition) is 2. The monoisotopic (exact) mass is 440 g/mol. The zero-order valence-corrected chi connectivity index (χ0v) is 17.1. The predicted molar refractivity (Wildman–Crippen MR) is 105 cm³/mol. The van der Waals surface area contributed by atoms with Gasteiger partial charge in [-0.3, -0.25) is 9.79 Å². The Kier molecular flexibility index (Phi) is 13.5. The van der Waals surface area contributed by atoms with Crippen LogP contribution in [0.2, 0.25) is 0 Å². The van der Waals surface area contributed by atoms with Crippen LogP contribution in [-0.2, 0) is 9.53 Å². The lowest BCUT2D eigenvalue weighted by Gasteiger charge is -2.29. The van der Waals surface area contributed by atoms with Crippen molar-refractivity contribution >= 4 is 35.9 Å². The standard InChI is InChI=1S/C16H32N4O2.HI/c1-4-17-16(19-10-6-15(21)22-3)18-9-5-11-20-12-7-14(2)8-13-20;/h14H,4-13H2,1-3H3,(H2,17,18,19);1H. The molecule has 0 aromatic heterocycles. The van der Waals surface area contributed by atoms with Crippen LogP contribution in [0.4, 0.5) is 0 Å². The van der Waals surface area contributed by atoms with E-state index in [2.05, 4.69) is 32.2 Å². The van der Waals surface area contributed by atoms with E-state index in [1.54, 1.807) is 0 Å². The van der Waals surface area contributed by atoms with Gasteiger partial charge in [-0.2, -0.15) is 0 Å². The van der Waals surface area contributed by atoms with Gasteiger partial charge in [-0.05, 0) is 51.7 Å². The molecule has 2 N–H and O–H groups in total. The Hall–Kier alpha value is -0.570. The third kappa shape index (κ3) is 10.8. The molecule has 0 aromatic carbocycles. The lowest BCUT2D eigenvalue weighted by molar-refractivity contribution is -0.140. The third-order valence-corrected chi connectivity index (χ3v) is 3.97. The molecular weight excluding hydrogens is 407 g/mol. The normalized spacial score (nSPS) is 16.6. The van der Waals surface area contributed by atoms with Crippen molar-refractivity contribution in [3.8, 4) is 0 Å². The van der Waals surface area contributed by atoms with Gasteiger partial charge in [0.2, 0.25) is 0 Å². The highest BCUT2D eigenvalue weighted by Gasteiger charge is 2.14. The van der Waals surface area contributed by atoms with Crippen LogP contribution in [-0.4, -0.2) is 63.2 Å². The number of ether oxygens (including phenoxy) is 1. The second-order valence-corrected chi connectivity index (χ2v) is 5.89. The first-order valence-electron chi connectivity index (χ1n) is 8.47. The zero-order chi connectivity index (χ0) is 16.2. The summed E-state index contributed by atoms with van der Waals surface area (Å²) in [6.07, 6.45) is 4.07. The van der Waals surface area contributed by atoms with Crippen molar-refractivity contribution in [3.05, 3.63) is 0 Å². The van der Waals surface area contributed by atoms with Gasteiger partial charge in [0.1, 0.15) is 0 Å². The number of piperidine rings is 1. The number of guanidine groups is 1. The van der Waals surface area contributed by atoms with E-state index in [4.69, 9.17) is 0 Å². The second kappa shape index (κ2) is 13.8. The quantitative estimate of drug-likeness (QED) is 0.198. The summed E-state index contributed by atoms with van der Waals surface area (Å²) in [5.41, 5.74) is 0. The fourth-order valence-electron chi connectivity index (χ4n) is 2.50. The Morgan fingerprint density at radius 1 is 1.30 bits per heavy atom. The van der Waals surface area contributed by atoms with Crippen LogP contribution in [0.25, 0.3) is 0 Å². The van der Waals surface area contributed by atoms with E-state index in [9.17, 15) is 4.79 Å². The minimum absolute atomic E-state index is 0. The van der Waals surface area contributed by atoms with E-state index in [0.29, 0.717) is 13.0 Å². The fraction of sp³-hybridized carbons (Fsp3) is 0.875. The number of likely N-dealkylation sites (tertiary alicyclic amines) is 1. The Labute approximate surface area is 157 Å². The summed E-state index contributed by atoms with van der Waals surface area (Å²) in [6, 6.07) is 0. The molecule has 0 aliphatic carbocycles. The van der Waals surface area contributed by atoms with Crippen molar-refractivity contribution in [2.75, 3.05) is 46.4 Å². The molecule has 0 spiro atoms. The van der Waals surface area contributed by atoms with Gasteiger partial charge in [-0.25, -0.2) is 0 Å². The molecule has 0 amide bonds. The highest BCUT2D eigenvalue weighted by Crippen LogP contribution is 2.15. The molecule has 1 aliphatic rings. The van der Waals surface area contributed by atoms with Crippen molar-refractivity contribution in [1.82, 2.24) is 15.5 Å². The minimum Gasteiger partial charge on any atom is -0.469 e. The van der Waals surface area contributed by atoms with Gasteiger partial charge < -0.3 is 20.3 Å². The Balaban J connectivity index is 0.00000484. The largest absolute Gasteiger partial charge is 0.469 e. The van der Waals surface area contributed by atoms with Crippen molar-refractivity contribution in [2.45, 2.75) is 39.5 Å². The van der Waals surface area contributed by atoms with E-state index in [0.717, 1.165) is 37.9 Å². The van der Waals surface area contributed by atoms with Crippen molar-refractivity contribution in [1.29, 1.82) is 0 Å². The maximum Gasteiger partial charge on any atom is 0.307 e. The van der Waals surface area contributed by atoms with Crippen molar-refractivity contribution in [3.63, 3.8) is 0 Å².